The van der Waals surface area contributed by atoms with Crippen molar-refractivity contribution in [2.45, 2.75) is 10.6 Å². The highest BCUT2D eigenvalue weighted by Crippen LogP contribution is 2.29. The highest BCUT2D eigenvalue weighted by molar-refractivity contribution is 7.98. The number of carboxylic acids is 1. The molecule has 0 fully saturated rings. The van der Waals surface area contributed by atoms with Crippen molar-refractivity contribution in [1.82, 2.24) is 9.97 Å². The zero-order valence-corrected chi connectivity index (χ0v) is 13.6. The first-order chi connectivity index (χ1) is 11.2. The largest absolute Gasteiger partial charge is 0.478 e. The van der Waals surface area contributed by atoms with Crippen LogP contribution in [0.5, 0.6) is 0 Å². The van der Waals surface area contributed by atoms with E-state index < -0.39 is 5.97 Å². The molecule has 23 heavy (non-hydrogen) atoms. The van der Waals surface area contributed by atoms with Gasteiger partial charge in [-0.2, -0.15) is 0 Å². The number of benzene rings is 1. The monoisotopic (exact) mass is 343 g/mol. The second-order valence-electron chi connectivity index (χ2n) is 4.59. The first kappa shape index (κ1) is 15.5. The number of thioether (sulfide) groups is 1. The minimum Gasteiger partial charge on any atom is -0.478 e. The SMILES string of the molecule is O=C(O)c1cccc(SCc2cnc(Nc3ccccn3)s2)c1. The zero-order chi connectivity index (χ0) is 16.1. The van der Waals surface area contributed by atoms with Crippen LogP contribution >= 0.6 is 23.1 Å². The summed E-state index contributed by atoms with van der Waals surface area (Å²) in [6.45, 7) is 0. The second kappa shape index (κ2) is 7.26. The number of hydrogen-bond acceptors (Lipinski definition) is 6. The lowest BCUT2D eigenvalue weighted by atomic mass is 10.2. The standard InChI is InChI=1S/C16H13N3O2S2/c20-15(21)11-4-3-5-12(8-11)22-10-13-9-18-16(23-13)19-14-6-1-2-7-17-14/h1-9H,10H2,(H,20,21)(H,17,18,19). The van der Waals surface area contributed by atoms with E-state index in [4.69, 9.17) is 5.11 Å². The molecule has 0 radical (unpaired) electrons. The normalized spacial score (nSPS) is 10.4. The number of hydrogen-bond donors (Lipinski definition) is 2. The maximum absolute atomic E-state index is 11.0. The quantitative estimate of drug-likeness (QED) is 0.651. The van der Waals surface area contributed by atoms with Crippen LogP contribution in [0.4, 0.5) is 10.9 Å². The van der Waals surface area contributed by atoms with Gasteiger partial charge in [-0.1, -0.05) is 12.1 Å². The van der Waals surface area contributed by atoms with Crippen LogP contribution in [0.1, 0.15) is 15.2 Å². The molecular weight excluding hydrogens is 330 g/mol. The van der Waals surface area contributed by atoms with Crippen molar-refractivity contribution in [3.05, 3.63) is 65.3 Å². The Balaban J connectivity index is 1.61. The van der Waals surface area contributed by atoms with Crippen LogP contribution < -0.4 is 5.32 Å². The molecule has 2 N–H and O–H groups in total. The molecule has 2 aromatic heterocycles. The maximum atomic E-state index is 11.0. The molecule has 3 rings (SSSR count). The van der Waals surface area contributed by atoms with Crippen molar-refractivity contribution in [3.8, 4) is 0 Å². The maximum Gasteiger partial charge on any atom is 0.335 e. The van der Waals surface area contributed by atoms with Crippen molar-refractivity contribution in [3.63, 3.8) is 0 Å². The molecule has 3 aromatic rings. The number of carboxylic acid groups (broad SMARTS) is 1. The van der Waals surface area contributed by atoms with Gasteiger partial charge in [-0.3, -0.25) is 0 Å². The van der Waals surface area contributed by atoms with E-state index in [0.29, 0.717) is 5.56 Å². The summed E-state index contributed by atoms with van der Waals surface area (Å²) < 4.78 is 0. The Kier molecular flexibility index (Phi) is 4.89. The van der Waals surface area contributed by atoms with E-state index in [-0.39, 0.29) is 0 Å². The number of rotatable bonds is 6. The van der Waals surface area contributed by atoms with Crippen LogP contribution in [-0.2, 0) is 5.75 Å². The van der Waals surface area contributed by atoms with Gasteiger partial charge in [0.1, 0.15) is 5.82 Å². The number of anilines is 2. The average Bonchev–Trinajstić information content (AvgIpc) is 3.01. The molecule has 0 bridgehead atoms. The van der Waals surface area contributed by atoms with Crippen molar-refractivity contribution in [2.75, 3.05) is 5.32 Å². The molecule has 5 nitrogen and oxygen atoms in total. The first-order valence-corrected chi connectivity index (χ1v) is 8.60. The lowest BCUT2D eigenvalue weighted by molar-refractivity contribution is 0.0696. The number of nitrogens with zero attached hydrogens (tertiary/aromatic N) is 2. The second-order valence-corrected chi connectivity index (χ2v) is 6.76. The van der Waals surface area contributed by atoms with Crippen LogP contribution in [0.15, 0.2) is 59.8 Å². The molecule has 0 aliphatic rings. The van der Waals surface area contributed by atoms with Gasteiger partial charge in [0, 0.05) is 27.9 Å². The van der Waals surface area contributed by atoms with Crippen LogP contribution in [0.2, 0.25) is 0 Å². The van der Waals surface area contributed by atoms with Gasteiger partial charge in [-0.15, -0.1) is 23.1 Å². The number of aromatic nitrogens is 2. The van der Waals surface area contributed by atoms with Crippen molar-refractivity contribution >= 4 is 40.0 Å². The molecule has 116 valence electrons. The Bertz CT molecular complexity index is 806. The van der Waals surface area contributed by atoms with Crippen LogP contribution in [0.25, 0.3) is 0 Å². The summed E-state index contributed by atoms with van der Waals surface area (Å²) >= 11 is 3.15. The number of nitrogens with one attached hydrogen (secondary N) is 1. The predicted octanol–water partition coefficient (Wildman–Crippen LogP) is 4.27. The Morgan fingerprint density at radius 3 is 2.91 bits per heavy atom. The lowest BCUT2D eigenvalue weighted by Crippen LogP contribution is -1.95. The van der Waals surface area contributed by atoms with Crippen molar-refractivity contribution in [1.29, 1.82) is 0 Å². The molecule has 0 saturated heterocycles. The van der Waals surface area contributed by atoms with E-state index in [2.05, 4.69) is 15.3 Å². The Morgan fingerprint density at radius 2 is 2.13 bits per heavy atom. The summed E-state index contributed by atoms with van der Waals surface area (Å²) in [4.78, 5) is 21.5. The van der Waals surface area contributed by atoms with Crippen LogP contribution in [0.3, 0.4) is 0 Å². The third-order valence-corrected chi connectivity index (χ3v) is 5.05. The zero-order valence-electron chi connectivity index (χ0n) is 12.0. The van der Waals surface area contributed by atoms with Gasteiger partial charge in [0.2, 0.25) is 0 Å². The van der Waals surface area contributed by atoms with Crippen LogP contribution in [0, 0.1) is 0 Å². The van der Waals surface area contributed by atoms with E-state index in [1.165, 1.54) is 0 Å². The molecule has 0 unspecified atom stereocenters. The first-order valence-electron chi connectivity index (χ1n) is 6.79. The summed E-state index contributed by atoms with van der Waals surface area (Å²) in [5.74, 6) is 0.590. The summed E-state index contributed by atoms with van der Waals surface area (Å²) in [6, 6.07) is 12.6. The summed E-state index contributed by atoms with van der Waals surface area (Å²) in [6.07, 6.45) is 3.55. The van der Waals surface area contributed by atoms with Gasteiger partial charge < -0.3 is 10.4 Å². The van der Waals surface area contributed by atoms with Gasteiger partial charge in [0.05, 0.1) is 5.56 Å². The topological polar surface area (TPSA) is 75.1 Å². The minimum atomic E-state index is -0.910. The highest BCUT2D eigenvalue weighted by Gasteiger charge is 2.06. The average molecular weight is 343 g/mol. The third-order valence-electron chi connectivity index (χ3n) is 2.92. The van der Waals surface area contributed by atoms with Gasteiger partial charge in [-0.25, -0.2) is 14.8 Å². The minimum absolute atomic E-state index is 0.303. The van der Waals surface area contributed by atoms with Gasteiger partial charge >= 0.3 is 5.97 Å². The van der Waals surface area contributed by atoms with E-state index in [9.17, 15) is 4.79 Å². The van der Waals surface area contributed by atoms with E-state index >= 15 is 0 Å². The summed E-state index contributed by atoms with van der Waals surface area (Å²) in [7, 11) is 0. The summed E-state index contributed by atoms with van der Waals surface area (Å²) in [5.41, 5.74) is 0.303. The number of aromatic carboxylic acids is 1. The molecule has 0 spiro atoms. The molecule has 7 heteroatoms. The highest BCUT2D eigenvalue weighted by atomic mass is 32.2. The Labute approximate surface area is 141 Å². The lowest BCUT2D eigenvalue weighted by Gasteiger charge is -2.01. The molecule has 2 heterocycles. The molecule has 0 saturated carbocycles. The van der Waals surface area contributed by atoms with Crippen LogP contribution in [-0.4, -0.2) is 21.0 Å². The smallest absolute Gasteiger partial charge is 0.335 e. The molecular formula is C16H13N3O2S2. The Hall–Kier alpha value is -2.38. The van der Waals surface area contributed by atoms with E-state index in [1.54, 1.807) is 47.5 Å². The van der Waals surface area contributed by atoms with E-state index in [1.807, 2.05) is 30.5 Å². The number of thiazole rings is 1. The third kappa shape index (κ3) is 4.30. The summed E-state index contributed by atoms with van der Waals surface area (Å²) in [5, 5.41) is 13.0. The fraction of sp³-hybridized carbons (Fsp3) is 0.0625. The molecule has 1 aromatic carbocycles. The fourth-order valence-electron chi connectivity index (χ4n) is 1.85. The molecule has 0 aliphatic carbocycles. The Morgan fingerprint density at radius 1 is 1.22 bits per heavy atom. The molecule has 0 aliphatic heterocycles. The van der Waals surface area contributed by atoms with Gasteiger partial charge in [-0.05, 0) is 30.3 Å². The van der Waals surface area contributed by atoms with Gasteiger partial charge in [0.15, 0.2) is 5.13 Å². The van der Waals surface area contributed by atoms with Crippen molar-refractivity contribution < 1.29 is 9.90 Å². The van der Waals surface area contributed by atoms with Crippen molar-refractivity contribution in [2.24, 2.45) is 0 Å². The molecule has 0 amide bonds. The fourth-order valence-corrected chi connectivity index (χ4v) is 3.65. The molecule has 0 atom stereocenters. The number of carbonyl (C=O) groups is 1. The van der Waals surface area contributed by atoms with Gasteiger partial charge in [0.25, 0.3) is 0 Å². The number of pyridine rings is 1. The van der Waals surface area contributed by atoms with E-state index in [0.717, 1.165) is 26.5 Å². The predicted molar refractivity (Wildman–Crippen MR) is 92.6 cm³/mol.